The Kier molecular flexibility index (Phi) is 4.26. The van der Waals surface area contributed by atoms with Crippen molar-refractivity contribution in [3.05, 3.63) is 59.3 Å². The molecule has 1 aromatic carbocycles. The molecule has 0 amide bonds. The molecular formula is C16H20FNO2. The maximum absolute atomic E-state index is 13.7. The Balaban J connectivity index is 2.03. The highest BCUT2D eigenvalue weighted by molar-refractivity contribution is 5.21. The van der Waals surface area contributed by atoms with Crippen LogP contribution in [0.5, 0.6) is 0 Å². The summed E-state index contributed by atoms with van der Waals surface area (Å²) in [7, 11) is 0. The molecular weight excluding hydrogens is 257 g/mol. The zero-order valence-electron chi connectivity index (χ0n) is 12.0. The molecule has 2 atom stereocenters. The predicted molar refractivity (Wildman–Crippen MR) is 75.8 cm³/mol. The van der Waals surface area contributed by atoms with Gasteiger partial charge in [0.25, 0.3) is 0 Å². The topological polar surface area (TPSA) is 45.4 Å². The van der Waals surface area contributed by atoms with E-state index in [1.165, 1.54) is 6.07 Å². The number of hydrogen-bond acceptors (Lipinski definition) is 3. The third-order valence-electron chi connectivity index (χ3n) is 3.40. The van der Waals surface area contributed by atoms with Crippen molar-refractivity contribution in [2.75, 3.05) is 6.54 Å². The number of rotatable bonds is 5. The van der Waals surface area contributed by atoms with Gasteiger partial charge in [0.15, 0.2) is 0 Å². The van der Waals surface area contributed by atoms with Gasteiger partial charge in [-0.25, -0.2) is 4.39 Å². The van der Waals surface area contributed by atoms with Crippen LogP contribution in [-0.4, -0.2) is 11.7 Å². The van der Waals surface area contributed by atoms with E-state index in [9.17, 15) is 9.50 Å². The first-order valence-corrected chi connectivity index (χ1v) is 6.67. The Morgan fingerprint density at radius 2 is 2.00 bits per heavy atom. The van der Waals surface area contributed by atoms with Crippen LogP contribution in [-0.2, 0) is 5.60 Å². The second kappa shape index (κ2) is 5.77. The summed E-state index contributed by atoms with van der Waals surface area (Å²) in [5.74, 6) is 1.01. The van der Waals surface area contributed by atoms with Crippen molar-refractivity contribution in [3.63, 3.8) is 0 Å². The first kappa shape index (κ1) is 14.8. The molecule has 2 aromatic rings. The van der Waals surface area contributed by atoms with E-state index in [2.05, 4.69) is 5.32 Å². The largest absolute Gasteiger partial charge is 0.463 e. The minimum atomic E-state index is -1.13. The molecule has 0 radical (unpaired) electrons. The SMILES string of the molecule is Cc1ccc(C(C)(O)CNC(C)c2ccccc2F)o1. The fraction of sp³-hybridized carbons (Fsp3) is 0.375. The lowest BCUT2D eigenvalue weighted by Gasteiger charge is -2.24. The maximum atomic E-state index is 13.7. The summed E-state index contributed by atoms with van der Waals surface area (Å²) in [5.41, 5.74) is -0.549. The number of aryl methyl sites for hydroxylation is 1. The lowest BCUT2D eigenvalue weighted by molar-refractivity contribution is 0.0312. The molecule has 2 unspecified atom stereocenters. The van der Waals surface area contributed by atoms with Crippen molar-refractivity contribution in [2.24, 2.45) is 0 Å². The first-order valence-electron chi connectivity index (χ1n) is 6.67. The monoisotopic (exact) mass is 277 g/mol. The minimum absolute atomic E-state index is 0.196. The van der Waals surface area contributed by atoms with Gasteiger partial charge in [-0.3, -0.25) is 0 Å². The summed E-state index contributed by atoms with van der Waals surface area (Å²) in [6.07, 6.45) is 0. The van der Waals surface area contributed by atoms with Crippen molar-refractivity contribution in [1.29, 1.82) is 0 Å². The van der Waals surface area contributed by atoms with Crippen molar-refractivity contribution >= 4 is 0 Å². The van der Waals surface area contributed by atoms with E-state index in [0.717, 1.165) is 5.76 Å². The lowest BCUT2D eigenvalue weighted by atomic mass is 10.0. The molecule has 0 aliphatic rings. The molecule has 0 saturated carbocycles. The van der Waals surface area contributed by atoms with Crippen molar-refractivity contribution < 1.29 is 13.9 Å². The zero-order chi connectivity index (χ0) is 14.8. The summed E-state index contributed by atoms with van der Waals surface area (Å²) in [5, 5.41) is 13.6. The van der Waals surface area contributed by atoms with E-state index < -0.39 is 5.60 Å². The Bertz CT molecular complexity index is 577. The summed E-state index contributed by atoms with van der Waals surface area (Å²) < 4.78 is 19.1. The molecule has 0 spiro atoms. The van der Waals surface area contributed by atoms with Gasteiger partial charge >= 0.3 is 0 Å². The molecule has 3 nitrogen and oxygen atoms in total. The van der Waals surface area contributed by atoms with Crippen LogP contribution in [0.3, 0.4) is 0 Å². The van der Waals surface area contributed by atoms with Crippen molar-refractivity contribution in [3.8, 4) is 0 Å². The average Bonchev–Trinajstić information content (AvgIpc) is 2.84. The van der Waals surface area contributed by atoms with Crippen molar-refractivity contribution in [1.82, 2.24) is 5.32 Å². The standard InChI is InChI=1S/C16H20FNO2/c1-11-8-9-15(20-11)16(3,19)10-18-12(2)13-6-4-5-7-14(13)17/h4-9,12,18-19H,10H2,1-3H3. The van der Waals surface area contributed by atoms with Crippen LogP contribution in [0.1, 0.15) is 37.0 Å². The highest BCUT2D eigenvalue weighted by atomic mass is 19.1. The molecule has 0 aliphatic carbocycles. The molecule has 0 aliphatic heterocycles. The van der Waals surface area contributed by atoms with Gasteiger partial charge in [-0.15, -0.1) is 0 Å². The van der Waals surface area contributed by atoms with Gasteiger partial charge in [-0.1, -0.05) is 18.2 Å². The van der Waals surface area contributed by atoms with Crippen LogP contribution in [0, 0.1) is 12.7 Å². The second-order valence-electron chi connectivity index (χ2n) is 5.31. The highest BCUT2D eigenvalue weighted by Gasteiger charge is 2.27. The van der Waals surface area contributed by atoms with E-state index in [0.29, 0.717) is 11.3 Å². The Morgan fingerprint density at radius 3 is 2.60 bits per heavy atom. The number of hydrogen-bond donors (Lipinski definition) is 2. The Labute approximate surface area is 118 Å². The average molecular weight is 277 g/mol. The summed E-state index contributed by atoms with van der Waals surface area (Å²) >= 11 is 0. The highest BCUT2D eigenvalue weighted by Crippen LogP contribution is 2.24. The molecule has 4 heteroatoms. The lowest BCUT2D eigenvalue weighted by Crippen LogP contribution is -2.36. The van der Waals surface area contributed by atoms with Gasteiger partial charge < -0.3 is 14.8 Å². The molecule has 1 aromatic heterocycles. The summed E-state index contributed by atoms with van der Waals surface area (Å²) in [6, 6.07) is 9.99. The van der Waals surface area contributed by atoms with Gasteiger partial charge in [-0.2, -0.15) is 0 Å². The van der Waals surface area contributed by atoms with Crippen LogP contribution >= 0.6 is 0 Å². The number of halogens is 1. The van der Waals surface area contributed by atoms with Crippen LogP contribution in [0.4, 0.5) is 4.39 Å². The molecule has 20 heavy (non-hydrogen) atoms. The third kappa shape index (κ3) is 3.26. The fourth-order valence-electron chi connectivity index (χ4n) is 2.10. The number of furan rings is 1. The quantitative estimate of drug-likeness (QED) is 0.881. The molecule has 0 bridgehead atoms. The van der Waals surface area contributed by atoms with Gasteiger partial charge in [-0.05, 0) is 39.0 Å². The van der Waals surface area contributed by atoms with Gasteiger partial charge in [0.05, 0.1) is 0 Å². The van der Waals surface area contributed by atoms with Gasteiger partial charge in [0, 0.05) is 18.2 Å². The molecule has 0 saturated heterocycles. The van der Waals surface area contributed by atoms with Crippen molar-refractivity contribution in [2.45, 2.75) is 32.4 Å². The molecule has 2 N–H and O–H groups in total. The van der Waals surface area contributed by atoms with Crippen LogP contribution in [0.2, 0.25) is 0 Å². The molecule has 2 rings (SSSR count). The van der Waals surface area contributed by atoms with E-state index in [1.54, 1.807) is 31.2 Å². The summed E-state index contributed by atoms with van der Waals surface area (Å²) in [6.45, 7) is 5.64. The third-order valence-corrected chi connectivity index (χ3v) is 3.40. The number of benzene rings is 1. The maximum Gasteiger partial charge on any atom is 0.136 e. The van der Waals surface area contributed by atoms with E-state index in [4.69, 9.17) is 4.42 Å². The Morgan fingerprint density at radius 1 is 1.30 bits per heavy atom. The van der Waals surface area contributed by atoms with Crippen LogP contribution in [0.15, 0.2) is 40.8 Å². The van der Waals surface area contributed by atoms with Gasteiger partial charge in [0.1, 0.15) is 22.9 Å². The van der Waals surface area contributed by atoms with Gasteiger partial charge in [0.2, 0.25) is 0 Å². The molecule has 108 valence electrons. The number of nitrogens with one attached hydrogen (secondary N) is 1. The molecule has 0 fully saturated rings. The normalized spacial score (nSPS) is 15.8. The fourth-order valence-corrected chi connectivity index (χ4v) is 2.10. The van der Waals surface area contributed by atoms with E-state index in [-0.39, 0.29) is 18.4 Å². The first-order chi connectivity index (χ1) is 9.40. The predicted octanol–water partition coefficient (Wildman–Crippen LogP) is 3.29. The van der Waals surface area contributed by atoms with E-state index in [1.807, 2.05) is 19.9 Å². The molecule has 1 heterocycles. The van der Waals surface area contributed by atoms with Crippen LogP contribution in [0.25, 0.3) is 0 Å². The minimum Gasteiger partial charge on any atom is -0.463 e. The van der Waals surface area contributed by atoms with E-state index >= 15 is 0 Å². The second-order valence-corrected chi connectivity index (χ2v) is 5.31. The number of aliphatic hydroxyl groups is 1. The zero-order valence-corrected chi connectivity index (χ0v) is 12.0. The summed E-state index contributed by atoms with van der Waals surface area (Å²) in [4.78, 5) is 0. The smallest absolute Gasteiger partial charge is 0.136 e. The van der Waals surface area contributed by atoms with Crippen LogP contribution < -0.4 is 5.32 Å². The Hall–Kier alpha value is -1.65.